The Morgan fingerprint density at radius 2 is 1.81 bits per heavy atom. The van der Waals surface area contributed by atoms with Crippen LogP contribution in [0.4, 0.5) is 5.69 Å². The van der Waals surface area contributed by atoms with Gasteiger partial charge in [0.15, 0.2) is 0 Å². The minimum Gasteiger partial charge on any atom is -0.373 e. The van der Waals surface area contributed by atoms with E-state index in [1.54, 1.807) is 6.92 Å². The van der Waals surface area contributed by atoms with Gasteiger partial charge >= 0.3 is 0 Å². The molecular weight excluding hydrogens is 340 g/mol. The van der Waals surface area contributed by atoms with E-state index in [1.165, 1.54) is 0 Å². The van der Waals surface area contributed by atoms with E-state index < -0.39 is 0 Å². The Kier molecular flexibility index (Phi) is 6.60. The van der Waals surface area contributed by atoms with Crippen molar-refractivity contribution < 1.29 is 14.3 Å². The molecule has 1 aliphatic rings. The van der Waals surface area contributed by atoms with Crippen molar-refractivity contribution in [1.29, 1.82) is 0 Å². The van der Waals surface area contributed by atoms with Crippen molar-refractivity contribution in [3.63, 3.8) is 0 Å². The number of hydrogen-bond acceptors (Lipinski definition) is 3. The summed E-state index contributed by atoms with van der Waals surface area (Å²) >= 11 is 0. The molecule has 2 amide bonds. The van der Waals surface area contributed by atoms with E-state index in [9.17, 15) is 9.59 Å². The summed E-state index contributed by atoms with van der Waals surface area (Å²) in [6.07, 6.45) is 2.76. The Labute approximate surface area is 160 Å². The van der Waals surface area contributed by atoms with Gasteiger partial charge in [-0.3, -0.25) is 9.59 Å². The molecule has 2 aromatic carbocycles. The fraction of sp³-hybridized carbons (Fsp3) is 0.364. The lowest BCUT2D eigenvalue weighted by Gasteiger charge is -2.30. The first kappa shape index (κ1) is 19.1. The Balaban J connectivity index is 1.50. The number of anilines is 1. The Morgan fingerprint density at radius 1 is 1.07 bits per heavy atom. The van der Waals surface area contributed by atoms with Crippen molar-refractivity contribution in [2.24, 2.45) is 0 Å². The molecule has 1 fully saturated rings. The van der Waals surface area contributed by atoms with Crippen LogP contribution in [0.1, 0.15) is 43.4 Å². The van der Waals surface area contributed by atoms with Crippen LogP contribution in [0.3, 0.4) is 0 Å². The normalized spacial score (nSPS) is 19.3. The summed E-state index contributed by atoms with van der Waals surface area (Å²) in [5.41, 5.74) is 3.00. The molecule has 5 nitrogen and oxygen atoms in total. The molecule has 0 radical (unpaired) electrons. The molecule has 2 N–H and O–H groups in total. The van der Waals surface area contributed by atoms with Crippen LogP contribution in [0.25, 0.3) is 0 Å². The van der Waals surface area contributed by atoms with Crippen molar-refractivity contribution in [2.75, 3.05) is 11.9 Å². The maximum absolute atomic E-state index is 12.1. The summed E-state index contributed by atoms with van der Waals surface area (Å²) < 4.78 is 5.85. The van der Waals surface area contributed by atoms with Crippen molar-refractivity contribution in [3.8, 4) is 0 Å². The van der Waals surface area contributed by atoms with Gasteiger partial charge in [-0.05, 0) is 42.5 Å². The molecule has 0 aliphatic carbocycles. The van der Waals surface area contributed by atoms with E-state index in [0.29, 0.717) is 13.0 Å². The van der Waals surface area contributed by atoms with Crippen LogP contribution in [0.5, 0.6) is 0 Å². The second kappa shape index (κ2) is 9.33. The average molecular weight is 366 g/mol. The predicted octanol–water partition coefficient (Wildman–Crippen LogP) is 3.61. The molecule has 5 heteroatoms. The van der Waals surface area contributed by atoms with Crippen molar-refractivity contribution in [2.45, 2.75) is 44.8 Å². The number of ether oxygens (including phenoxy) is 1. The van der Waals surface area contributed by atoms with Gasteiger partial charge in [-0.2, -0.15) is 0 Å². The quantitative estimate of drug-likeness (QED) is 0.821. The number of benzene rings is 2. The van der Waals surface area contributed by atoms with Crippen molar-refractivity contribution >= 4 is 17.5 Å². The van der Waals surface area contributed by atoms with E-state index in [1.807, 2.05) is 54.6 Å². The molecule has 142 valence electrons. The second-order valence-corrected chi connectivity index (χ2v) is 6.94. The SMILES string of the molecule is CC(=O)N[C@@H]1CCO[C@H](c2ccc(NC(=O)CCc3ccccc3)cc2)C1. The summed E-state index contributed by atoms with van der Waals surface area (Å²) in [5, 5.41) is 5.91. The highest BCUT2D eigenvalue weighted by Crippen LogP contribution is 2.29. The molecule has 1 saturated heterocycles. The maximum atomic E-state index is 12.1. The zero-order chi connectivity index (χ0) is 19.1. The van der Waals surface area contributed by atoms with E-state index >= 15 is 0 Å². The lowest BCUT2D eigenvalue weighted by molar-refractivity contribution is -0.120. The number of amides is 2. The molecule has 0 unspecified atom stereocenters. The maximum Gasteiger partial charge on any atom is 0.224 e. The third-order valence-corrected chi connectivity index (χ3v) is 4.74. The van der Waals surface area contributed by atoms with Crippen molar-refractivity contribution in [1.82, 2.24) is 5.32 Å². The van der Waals surface area contributed by atoms with Gasteiger partial charge in [-0.15, -0.1) is 0 Å². The van der Waals surface area contributed by atoms with Crippen LogP contribution in [0.15, 0.2) is 54.6 Å². The third kappa shape index (κ3) is 5.93. The molecule has 2 aromatic rings. The third-order valence-electron chi connectivity index (χ3n) is 4.74. The first-order valence-corrected chi connectivity index (χ1v) is 9.42. The number of carbonyl (C=O) groups is 2. The number of hydrogen-bond donors (Lipinski definition) is 2. The number of aryl methyl sites for hydroxylation is 1. The average Bonchev–Trinajstić information content (AvgIpc) is 2.67. The highest BCUT2D eigenvalue weighted by Gasteiger charge is 2.24. The highest BCUT2D eigenvalue weighted by atomic mass is 16.5. The molecule has 1 aliphatic heterocycles. The van der Waals surface area contributed by atoms with E-state index in [0.717, 1.165) is 36.1 Å². The molecule has 0 spiro atoms. The van der Waals surface area contributed by atoms with E-state index in [-0.39, 0.29) is 24.0 Å². The number of carbonyl (C=O) groups excluding carboxylic acids is 2. The van der Waals surface area contributed by atoms with Gasteiger partial charge in [0, 0.05) is 31.7 Å². The second-order valence-electron chi connectivity index (χ2n) is 6.94. The van der Waals surface area contributed by atoms with Crippen molar-refractivity contribution in [3.05, 3.63) is 65.7 Å². The summed E-state index contributed by atoms with van der Waals surface area (Å²) in [6.45, 7) is 2.17. The van der Waals surface area contributed by atoms with Crippen LogP contribution < -0.4 is 10.6 Å². The summed E-state index contributed by atoms with van der Waals surface area (Å²) in [5.74, 6) is 0.000421. The monoisotopic (exact) mass is 366 g/mol. The van der Waals surface area contributed by atoms with E-state index in [4.69, 9.17) is 4.74 Å². The van der Waals surface area contributed by atoms with Gasteiger partial charge in [0.2, 0.25) is 11.8 Å². The first-order chi connectivity index (χ1) is 13.1. The standard InChI is InChI=1S/C22H26N2O3/c1-16(25)23-20-13-14-27-21(15-20)18-8-10-19(11-9-18)24-22(26)12-7-17-5-3-2-4-6-17/h2-6,8-11,20-21H,7,12-15H2,1H3,(H,23,25)(H,24,26)/t20-,21+/m1/s1. The summed E-state index contributed by atoms with van der Waals surface area (Å²) in [7, 11) is 0. The molecule has 0 aromatic heterocycles. The fourth-order valence-corrected chi connectivity index (χ4v) is 3.35. The zero-order valence-electron chi connectivity index (χ0n) is 15.6. The first-order valence-electron chi connectivity index (χ1n) is 9.42. The predicted molar refractivity (Wildman–Crippen MR) is 105 cm³/mol. The minimum absolute atomic E-state index is 0.00536. The van der Waals surface area contributed by atoms with Gasteiger partial charge in [0.25, 0.3) is 0 Å². The number of nitrogens with one attached hydrogen (secondary N) is 2. The minimum atomic E-state index is -0.0292. The Bertz CT molecular complexity index is 759. The molecular formula is C22H26N2O3. The Morgan fingerprint density at radius 3 is 2.52 bits per heavy atom. The summed E-state index contributed by atoms with van der Waals surface area (Å²) in [6, 6.07) is 17.9. The lowest BCUT2D eigenvalue weighted by Crippen LogP contribution is -2.38. The number of rotatable bonds is 6. The van der Waals surface area contributed by atoms with Crippen LogP contribution >= 0.6 is 0 Å². The largest absolute Gasteiger partial charge is 0.373 e. The van der Waals surface area contributed by atoms with Crippen LogP contribution in [0, 0.1) is 0 Å². The van der Waals surface area contributed by atoms with Gasteiger partial charge in [-0.1, -0.05) is 42.5 Å². The Hall–Kier alpha value is -2.66. The van der Waals surface area contributed by atoms with Crippen LogP contribution in [-0.2, 0) is 20.7 Å². The molecule has 0 saturated carbocycles. The highest BCUT2D eigenvalue weighted by molar-refractivity contribution is 5.90. The smallest absolute Gasteiger partial charge is 0.224 e. The molecule has 3 rings (SSSR count). The summed E-state index contributed by atoms with van der Waals surface area (Å²) in [4.78, 5) is 23.4. The van der Waals surface area contributed by atoms with Crippen LogP contribution in [-0.4, -0.2) is 24.5 Å². The molecule has 27 heavy (non-hydrogen) atoms. The fourth-order valence-electron chi connectivity index (χ4n) is 3.35. The van der Waals surface area contributed by atoms with Gasteiger partial charge in [0.1, 0.15) is 0 Å². The lowest BCUT2D eigenvalue weighted by atomic mass is 9.97. The van der Waals surface area contributed by atoms with Gasteiger partial charge < -0.3 is 15.4 Å². The van der Waals surface area contributed by atoms with E-state index in [2.05, 4.69) is 10.6 Å². The molecule has 2 atom stereocenters. The van der Waals surface area contributed by atoms with Crippen LogP contribution in [0.2, 0.25) is 0 Å². The topological polar surface area (TPSA) is 67.4 Å². The molecule has 0 bridgehead atoms. The van der Waals surface area contributed by atoms with Gasteiger partial charge in [0.05, 0.1) is 6.10 Å². The molecule has 1 heterocycles. The zero-order valence-corrected chi connectivity index (χ0v) is 15.6. The van der Waals surface area contributed by atoms with Gasteiger partial charge in [-0.25, -0.2) is 0 Å².